The summed E-state index contributed by atoms with van der Waals surface area (Å²) in [6.45, 7) is -1.74. The summed E-state index contributed by atoms with van der Waals surface area (Å²) in [5.74, 6) is 0. The molecule has 0 aliphatic carbocycles. The largest absolute Gasteiger partial charge is 0.218 e. The van der Waals surface area contributed by atoms with Crippen LogP contribution in [0.25, 0.3) is 0 Å². The molecule has 0 amide bonds. The van der Waals surface area contributed by atoms with E-state index in [0.29, 0.717) is 0 Å². The van der Waals surface area contributed by atoms with E-state index in [1.165, 1.54) is 0 Å². The molecule has 0 nitrogen and oxygen atoms in total. The molecule has 3 aromatic rings. The van der Waals surface area contributed by atoms with Crippen LogP contribution in [0.1, 0.15) is 16.7 Å². The van der Waals surface area contributed by atoms with Gasteiger partial charge in [-0.05, 0) is 0 Å². The fourth-order valence-corrected chi connectivity index (χ4v) is 6.01. The highest BCUT2D eigenvalue weighted by atomic mass is 35.9. The van der Waals surface area contributed by atoms with E-state index >= 15 is 0 Å². The molecule has 110 valence electrons. The SMILES string of the molecule is Cl[PH+](Cl)C(c1ccccc1)(c1ccccc1)c1ccccc1. The molecule has 0 bridgehead atoms. The van der Waals surface area contributed by atoms with Gasteiger partial charge in [0.15, 0.2) is 5.16 Å². The summed E-state index contributed by atoms with van der Waals surface area (Å²) in [5, 5.41) is -0.489. The molecule has 0 radical (unpaired) electrons. The van der Waals surface area contributed by atoms with Gasteiger partial charge in [-0.1, -0.05) is 91.0 Å². The lowest BCUT2D eigenvalue weighted by atomic mass is 9.84. The number of hydrogen-bond acceptors (Lipinski definition) is 0. The van der Waals surface area contributed by atoms with Crippen LogP contribution in [-0.2, 0) is 5.16 Å². The molecule has 0 unspecified atom stereocenters. The molecule has 0 spiro atoms. The topological polar surface area (TPSA) is 0 Å². The highest BCUT2D eigenvalue weighted by Crippen LogP contribution is 2.69. The Kier molecular flexibility index (Phi) is 4.84. The van der Waals surface area contributed by atoms with Gasteiger partial charge in [0.2, 0.25) is 6.63 Å². The third-order valence-electron chi connectivity index (χ3n) is 3.90. The minimum absolute atomic E-state index is 0.489. The maximum absolute atomic E-state index is 6.67. The average Bonchev–Trinajstić information content (AvgIpc) is 2.58. The van der Waals surface area contributed by atoms with Crippen LogP contribution in [0, 0.1) is 0 Å². The van der Waals surface area contributed by atoms with Gasteiger partial charge in [0, 0.05) is 16.7 Å². The van der Waals surface area contributed by atoms with Crippen molar-refractivity contribution in [1.29, 1.82) is 0 Å². The zero-order chi connectivity index (χ0) is 15.4. The van der Waals surface area contributed by atoms with Crippen molar-refractivity contribution in [1.82, 2.24) is 0 Å². The van der Waals surface area contributed by atoms with Gasteiger partial charge >= 0.3 is 0 Å². The van der Waals surface area contributed by atoms with E-state index in [4.69, 9.17) is 22.5 Å². The fourth-order valence-electron chi connectivity index (χ4n) is 2.89. The number of halogens is 2. The maximum atomic E-state index is 6.67. The molecule has 0 N–H and O–H groups in total. The minimum atomic E-state index is -1.74. The first-order valence-corrected chi connectivity index (χ1v) is 10.6. The molecule has 0 saturated carbocycles. The summed E-state index contributed by atoms with van der Waals surface area (Å²) in [4.78, 5) is 0. The third-order valence-corrected chi connectivity index (χ3v) is 7.04. The first-order chi connectivity index (χ1) is 10.8. The van der Waals surface area contributed by atoms with E-state index in [9.17, 15) is 0 Å². The van der Waals surface area contributed by atoms with Crippen molar-refractivity contribution in [3.05, 3.63) is 108 Å². The summed E-state index contributed by atoms with van der Waals surface area (Å²) >= 11 is 13.3. The monoisotopic (exact) mass is 345 g/mol. The smallest absolute Gasteiger partial charge is 0.0622 e. The van der Waals surface area contributed by atoms with Gasteiger partial charge in [-0.15, -0.1) is 0 Å². The Morgan fingerprint density at radius 2 is 0.773 bits per heavy atom. The van der Waals surface area contributed by atoms with E-state index in [2.05, 4.69) is 36.4 Å². The van der Waals surface area contributed by atoms with Crippen molar-refractivity contribution in [2.24, 2.45) is 0 Å². The van der Waals surface area contributed by atoms with Gasteiger partial charge in [0.05, 0.1) is 0 Å². The van der Waals surface area contributed by atoms with Crippen LogP contribution in [0.5, 0.6) is 0 Å². The third kappa shape index (κ3) is 2.68. The lowest BCUT2D eigenvalue weighted by Gasteiger charge is -2.30. The van der Waals surface area contributed by atoms with Gasteiger partial charge in [0.25, 0.3) is 0 Å². The van der Waals surface area contributed by atoms with Crippen molar-refractivity contribution in [3.8, 4) is 0 Å². The Morgan fingerprint density at radius 1 is 0.500 bits per heavy atom. The Balaban J connectivity index is 2.34. The van der Waals surface area contributed by atoms with Crippen LogP contribution in [0.2, 0.25) is 0 Å². The first-order valence-electron chi connectivity index (χ1n) is 7.11. The molecule has 0 aliphatic rings. The second-order valence-corrected chi connectivity index (χ2v) is 9.23. The van der Waals surface area contributed by atoms with Gasteiger partial charge in [0.1, 0.15) is 22.5 Å². The van der Waals surface area contributed by atoms with E-state index in [0.717, 1.165) is 16.7 Å². The molecular weight excluding hydrogens is 330 g/mol. The van der Waals surface area contributed by atoms with Gasteiger partial charge < -0.3 is 0 Å². The summed E-state index contributed by atoms with van der Waals surface area (Å²) in [5.41, 5.74) is 3.39. The summed E-state index contributed by atoms with van der Waals surface area (Å²) in [7, 11) is 0. The van der Waals surface area contributed by atoms with Crippen LogP contribution >= 0.6 is 29.1 Å². The second kappa shape index (κ2) is 6.84. The number of hydrogen-bond donors (Lipinski definition) is 0. The van der Waals surface area contributed by atoms with E-state index in [1.807, 2.05) is 54.6 Å². The van der Waals surface area contributed by atoms with Crippen LogP contribution < -0.4 is 0 Å². The fraction of sp³-hybridized carbons (Fsp3) is 0.0526. The standard InChI is InChI=1S/C19H15Cl2P/c20-22(21)19(16-10-4-1-5-11-16,17-12-6-2-7-13-17)18-14-8-3-9-15-18/h1-15H/p+1. The number of benzene rings is 3. The first kappa shape index (κ1) is 15.6. The number of rotatable bonds is 4. The van der Waals surface area contributed by atoms with Gasteiger partial charge in [-0.25, -0.2) is 0 Å². The van der Waals surface area contributed by atoms with Crippen LogP contribution in [0.15, 0.2) is 91.0 Å². The van der Waals surface area contributed by atoms with Crippen molar-refractivity contribution in [2.45, 2.75) is 5.16 Å². The van der Waals surface area contributed by atoms with Crippen molar-refractivity contribution in [3.63, 3.8) is 0 Å². The predicted molar refractivity (Wildman–Crippen MR) is 99.2 cm³/mol. The highest BCUT2D eigenvalue weighted by Gasteiger charge is 2.49. The second-order valence-electron chi connectivity index (χ2n) is 5.11. The summed E-state index contributed by atoms with van der Waals surface area (Å²) in [6, 6.07) is 30.9. The molecule has 0 aromatic heterocycles. The Labute approximate surface area is 142 Å². The summed E-state index contributed by atoms with van der Waals surface area (Å²) in [6.07, 6.45) is 0. The molecule has 3 rings (SSSR count). The molecule has 0 aliphatic heterocycles. The van der Waals surface area contributed by atoms with Crippen LogP contribution in [0.4, 0.5) is 0 Å². The normalized spacial score (nSPS) is 11.6. The highest BCUT2D eigenvalue weighted by molar-refractivity contribution is 8.04. The van der Waals surface area contributed by atoms with E-state index < -0.39 is 11.8 Å². The van der Waals surface area contributed by atoms with Crippen LogP contribution in [-0.4, -0.2) is 0 Å². The molecule has 3 aromatic carbocycles. The zero-order valence-corrected chi connectivity index (χ0v) is 14.4. The Bertz CT molecular complexity index is 616. The molecule has 3 heteroatoms. The molecule has 22 heavy (non-hydrogen) atoms. The lowest BCUT2D eigenvalue weighted by Crippen LogP contribution is -2.24. The van der Waals surface area contributed by atoms with Crippen molar-refractivity contribution in [2.75, 3.05) is 0 Å². The molecule has 0 fully saturated rings. The quantitative estimate of drug-likeness (QED) is 0.374. The average molecular weight is 346 g/mol. The van der Waals surface area contributed by atoms with Gasteiger partial charge in [-0.3, -0.25) is 0 Å². The van der Waals surface area contributed by atoms with Gasteiger partial charge in [-0.2, -0.15) is 0 Å². The molecular formula is C19H16Cl2P+. The maximum Gasteiger partial charge on any atom is 0.218 e. The van der Waals surface area contributed by atoms with E-state index in [-0.39, 0.29) is 0 Å². The van der Waals surface area contributed by atoms with E-state index in [1.54, 1.807) is 0 Å². The minimum Gasteiger partial charge on any atom is -0.0622 e. The Hall–Kier alpha value is -1.33. The molecule has 0 atom stereocenters. The molecule has 0 heterocycles. The molecule has 0 saturated heterocycles. The van der Waals surface area contributed by atoms with Crippen molar-refractivity contribution >= 4 is 29.1 Å². The predicted octanol–water partition coefficient (Wildman–Crippen LogP) is 6.50. The van der Waals surface area contributed by atoms with Crippen LogP contribution in [0.3, 0.4) is 0 Å². The zero-order valence-electron chi connectivity index (χ0n) is 11.9. The Morgan fingerprint density at radius 3 is 1.00 bits per heavy atom. The summed E-state index contributed by atoms with van der Waals surface area (Å²) < 4.78 is 0. The van der Waals surface area contributed by atoms with Crippen molar-refractivity contribution < 1.29 is 0 Å². The lowest BCUT2D eigenvalue weighted by molar-refractivity contribution is 0.891.